The van der Waals surface area contributed by atoms with Crippen molar-refractivity contribution in [2.45, 2.75) is 44.5 Å². The Hall–Kier alpha value is -3.00. The van der Waals surface area contributed by atoms with Gasteiger partial charge in [0.1, 0.15) is 17.5 Å². The molecular weight excluding hydrogens is 541 g/mol. The summed E-state index contributed by atoms with van der Waals surface area (Å²) in [6, 6.07) is 2.99. The number of alkyl halides is 5. The lowest BCUT2D eigenvalue weighted by Crippen LogP contribution is -2.54. The molecule has 3 heterocycles. The lowest BCUT2D eigenvalue weighted by atomic mass is 10.1. The second-order valence-corrected chi connectivity index (χ2v) is 10.9. The van der Waals surface area contributed by atoms with Crippen molar-refractivity contribution < 1.29 is 40.3 Å². The third-order valence-corrected chi connectivity index (χ3v) is 7.01. The first-order chi connectivity index (χ1) is 17.6. The molecule has 0 saturated carbocycles. The summed E-state index contributed by atoms with van der Waals surface area (Å²) in [6.07, 6.45) is -5.62. The Balaban J connectivity index is 1.58. The van der Waals surface area contributed by atoms with Crippen molar-refractivity contribution in [2.24, 2.45) is 0 Å². The quantitative estimate of drug-likeness (QED) is 0.459. The van der Waals surface area contributed by atoms with Gasteiger partial charge in [-0.2, -0.15) is 22.0 Å². The normalized spacial score (nSPS) is 19.2. The van der Waals surface area contributed by atoms with E-state index >= 15 is 0 Å². The van der Waals surface area contributed by atoms with Gasteiger partial charge in [0, 0.05) is 32.2 Å². The van der Waals surface area contributed by atoms with Crippen LogP contribution in [-0.2, 0) is 4.74 Å². The van der Waals surface area contributed by atoms with Gasteiger partial charge in [-0.05, 0) is 51.1 Å². The predicted molar refractivity (Wildman–Crippen MR) is 129 cm³/mol. The highest BCUT2D eigenvalue weighted by Crippen LogP contribution is 2.44. The van der Waals surface area contributed by atoms with E-state index in [2.05, 4.69) is 0 Å². The van der Waals surface area contributed by atoms with E-state index in [1.165, 1.54) is 6.07 Å². The van der Waals surface area contributed by atoms with Crippen molar-refractivity contribution in [3.63, 3.8) is 0 Å². The van der Waals surface area contributed by atoms with Gasteiger partial charge in [0.25, 0.3) is 0 Å². The highest BCUT2D eigenvalue weighted by molar-refractivity contribution is 7.17. The summed E-state index contributed by atoms with van der Waals surface area (Å²) in [5, 5.41) is 1.45. The topological polar surface area (TPSA) is 48.1 Å². The van der Waals surface area contributed by atoms with E-state index in [1.807, 2.05) is 10.3 Å². The molecule has 1 aromatic carbocycles. The van der Waals surface area contributed by atoms with Crippen LogP contribution in [-0.4, -0.2) is 60.9 Å². The number of amides is 1. The Kier molecular flexibility index (Phi) is 7.34. The maximum absolute atomic E-state index is 14.5. The first kappa shape index (κ1) is 28.0. The summed E-state index contributed by atoms with van der Waals surface area (Å²) in [5.41, 5.74) is 0.841. The van der Waals surface area contributed by atoms with Crippen LogP contribution in [0.4, 0.5) is 46.2 Å². The van der Waals surface area contributed by atoms with E-state index < -0.39 is 47.2 Å². The first-order valence-electron chi connectivity index (χ1n) is 11.6. The van der Waals surface area contributed by atoms with Crippen molar-refractivity contribution in [2.75, 3.05) is 36.1 Å². The highest BCUT2D eigenvalue weighted by Gasteiger charge is 2.63. The Morgan fingerprint density at radius 1 is 1.00 bits per heavy atom. The van der Waals surface area contributed by atoms with Crippen molar-refractivity contribution in [3.05, 3.63) is 52.9 Å². The second kappa shape index (κ2) is 9.95. The lowest BCUT2D eigenvalue weighted by Gasteiger charge is -2.36. The smallest absolute Gasteiger partial charge is 0.444 e. The Morgan fingerprint density at radius 3 is 2.24 bits per heavy atom. The van der Waals surface area contributed by atoms with E-state index in [0.717, 1.165) is 28.5 Å². The number of rotatable bonds is 4. The van der Waals surface area contributed by atoms with Gasteiger partial charge in [-0.3, -0.25) is 5.01 Å². The van der Waals surface area contributed by atoms with Crippen LogP contribution in [0.1, 0.15) is 25.6 Å². The first-order valence-corrected chi connectivity index (χ1v) is 12.4. The Morgan fingerprint density at radius 2 is 1.66 bits per heavy atom. The second-order valence-electron chi connectivity index (χ2n) is 9.80. The molecule has 38 heavy (non-hydrogen) atoms. The minimum Gasteiger partial charge on any atom is -0.444 e. The fourth-order valence-corrected chi connectivity index (χ4v) is 5.04. The number of nitrogens with one attached hydrogen (secondary N) is 1. The summed E-state index contributed by atoms with van der Waals surface area (Å²) < 4.78 is 101. The zero-order valence-electron chi connectivity index (χ0n) is 20.6. The molecule has 14 heteroatoms. The molecule has 1 fully saturated rings. The van der Waals surface area contributed by atoms with Crippen molar-refractivity contribution in [1.82, 2.24) is 10.3 Å². The summed E-state index contributed by atoms with van der Waals surface area (Å²) in [4.78, 5) is 16.1. The number of benzene rings is 1. The molecule has 0 aliphatic carbocycles. The Bertz CT molecular complexity index is 1220. The average Bonchev–Trinajstić information content (AvgIpc) is 3.45. The minimum absolute atomic E-state index is 0.131. The standard InChI is InChI=1S/C24H25F7N4O2S/c1-22(2,3)37-21(36)34-10-8-33(9-11-34)20-7-6-18(38-20)17-13-19(23(27,28)24(29,30)31)32-35(17)16-5-4-14(25)12-15(16)26/h4-7,12-13,19,32H,8-11H2,1-3H3. The number of carbonyl (C=O) groups is 1. The maximum atomic E-state index is 14.5. The van der Waals surface area contributed by atoms with Gasteiger partial charge in [-0.1, -0.05) is 0 Å². The van der Waals surface area contributed by atoms with Crippen LogP contribution in [0, 0.1) is 11.6 Å². The summed E-state index contributed by atoms with van der Waals surface area (Å²) in [6.45, 7) is 6.87. The average molecular weight is 567 g/mol. The van der Waals surface area contributed by atoms with E-state index in [1.54, 1.807) is 31.7 Å². The number of ether oxygens (including phenoxy) is 1. The molecule has 0 spiro atoms. The molecule has 1 amide bonds. The lowest BCUT2D eigenvalue weighted by molar-refractivity contribution is -0.287. The molecule has 2 aliphatic rings. The van der Waals surface area contributed by atoms with E-state index in [9.17, 15) is 35.5 Å². The molecule has 0 bridgehead atoms. The molecule has 1 unspecified atom stereocenters. The SMILES string of the molecule is CC(C)(C)OC(=O)N1CCN(c2ccc(C3=CC(C(F)(F)C(F)(F)F)NN3c3ccc(F)cc3F)s2)CC1. The highest BCUT2D eigenvalue weighted by atomic mass is 32.1. The largest absolute Gasteiger partial charge is 0.455 e. The number of nitrogens with zero attached hydrogens (tertiary/aromatic N) is 3. The van der Waals surface area contributed by atoms with Crippen LogP contribution >= 0.6 is 11.3 Å². The maximum Gasteiger partial charge on any atom is 0.455 e. The minimum atomic E-state index is -5.86. The molecule has 1 atom stereocenters. The summed E-state index contributed by atoms with van der Waals surface area (Å²) in [5.74, 6) is -7.24. The third-order valence-electron chi connectivity index (χ3n) is 5.84. The number of thiophene rings is 1. The van der Waals surface area contributed by atoms with Crippen LogP contribution in [0.5, 0.6) is 0 Å². The van der Waals surface area contributed by atoms with Gasteiger partial charge in [0.2, 0.25) is 0 Å². The van der Waals surface area contributed by atoms with Crippen LogP contribution in [0.15, 0.2) is 36.4 Å². The number of anilines is 2. The molecule has 1 aromatic heterocycles. The van der Waals surface area contributed by atoms with E-state index in [-0.39, 0.29) is 10.6 Å². The van der Waals surface area contributed by atoms with Gasteiger partial charge >= 0.3 is 18.2 Å². The van der Waals surface area contributed by atoms with Gasteiger partial charge in [0.05, 0.1) is 21.3 Å². The third kappa shape index (κ3) is 5.70. The number of carbonyl (C=O) groups excluding carboxylic acids is 1. The zero-order valence-corrected chi connectivity index (χ0v) is 21.4. The van der Waals surface area contributed by atoms with Crippen molar-refractivity contribution >= 4 is 33.8 Å². The molecular formula is C24H25F7N4O2S. The molecule has 2 aromatic rings. The van der Waals surface area contributed by atoms with Crippen molar-refractivity contribution in [1.29, 1.82) is 0 Å². The number of hydrogen-bond donors (Lipinski definition) is 1. The number of hydrogen-bond acceptors (Lipinski definition) is 6. The number of halogens is 7. The molecule has 4 rings (SSSR count). The zero-order chi connectivity index (χ0) is 28.0. The van der Waals surface area contributed by atoms with E-state index in [0.29, 0.717) is 43.3 Å². The van der Waals surface area contributed by atoms with Crippen LogP contribution in [0.3, 0.4) is 0 Å². The van der Waals surface area contributed by atoms with Crippen LogP contribution < -0.4 is 15.3 Å². The molecule has 1 saturated heterocycles. The van der Waals surface area contributed by atoms with Crippen molar-refractivity contribution in [3.8, 4) is 0 Å². The molecule has 0 radical (unpaired) electrons. The van der Waals surface area contributed by atoms with Gasteiger partial charge in [-0.15, -0.1) is 11.3 Å². The van der Waals surface area contributed by atoms with Gasteiger partial charge in [-0.25, -0.2) is 19.0 Å². The predicted octanol–water partition coefficient (Wildman–Crippen LogP) is 6.02. The van der Waals surface area contributed by atoms with Crippen LogP contribution in [0.25, 0.3) is 5.70 Å². The monoisotopic (exact) mass is 566 g/mol. The van der Waals surface area contributed by atoms with Crippen LogP contribution in [0.2, 0.25) is 0 Å². The molecule has 208 valence electrons. The fourth-order valence-electron chi connectivity index (χ4n) is 3.97. The number of piperazine rings is 1. The summed E-state index contributed by atoms with van der Waals surface area (Å²) >= 11 is 1.10. The van der Waals surface area contributed by atoms with Gasteiger partial charge < -0.3 is 14.5 Å². The molecule has 6 nitrogen and oxygen atoms in total. The number of hydrazine groups is 1. The molecule has 2 aliphatic heterocycles. The van der Waals surface area contributed by atoms with Gasteiger partial charge in [0.15, 0.2) is 5.82 Å². The molecule has 1 N–H and O–H groups in total. The van der Waals surface area contributed by atoms with E-state index in [4.69, 9.17) is 4.74 Å². The Labute approximate surface area is 218 Å². The fraction of sp³-hybridized carbons (Fsp3) is 0.458. The summed E-state index contributed by atoms with van der Waals surface area (Å²) in [7, 11) is 0.